The van der Waals surface area contributed by atoms with Crippen molar-refractivity contribution in [3.63, 3.8) is 0 Å². The van der Waals surface area contributed by atoms with E-state index >= 15 is 0 Å². The summed E-state index contributed by atoms with van der Waals surface area (Å²) in [5.41, 5.74) is 0.755. The molecule has 1 aromatic rings. The molecule has 1 heteroatoms. The smallest absolute Gasteiger partial charge is 0.162 e. The maximum Gasteiger partial charge on any atom is 0.162 e. The van der Waals surface area contributed by atoms with Crippen molar-refractivity contribution in [1.82, 2.24) is 0 Å². The summed E-state index contributed by atoms with van der Waals surface area (Å²) in [4.78, 5) is 11.0. The second-order valence-corrected chi connectivity index (χ2v) is 2.07. The lowest BCUT2D eigenvalue weighted by Crippen LogP contribution is -1.94. The van der Waals surface area contributed by atoms with Gasteiger partial charge < -0.3 is 0 Å². The summed E-state index contributed by atoms with van der Waals surface area (Å²) < 4.78 is 0. The van der Waals surface area contributed by atoms with Gasteiger partial charge in [0.1, 0.15) is 0 Å². The van der Waals surface area contributed by atoms with Gasteiger partial charge in [0, 0.05) is 12.0 Å². The Hall–Kier alpha value is -1.11. The van der Waals surface area contributed by atoms with Crippen LogP contribution < -0.4 is 0 Å². The first-order valence-electron chi connectivity index (χ1n) is 3.34. The predicted octanol–water partition coefficient (Wildman–Crippen LogP) is 2.08. The molecular weight excluding hydrogens is 124 g/mol. The highest BCUT2D eigenvalue weighted by Gasteiger charge is 1.98. The van der Waals surface area contributed by atoms with Crippen LogP contribution in [0.15, 0.2) is 24.3 Å². The SMILES string of the molecule is CCC(=O)c1c[c]ccc1. The topological polar surface area (TPSA) is 17.1 Å². The van der Waals surface area contributed by atoms with Gasteiger partial charge in [-0.05, 0) is 12.1 Å². The Labute approximate surface area is 60.7 Å². The van der Waals surface area contributed by atoms with Gasteiger partial charge in [-0.15, -0.1) is 0 Å². The molecule has 1 nitrogen and oxygen atoms in total. The van der Waals surface area contributed by atoms with E-state index in [1.807, 2.05) is 19.1 Å². The molecule has 0 N–H and O–H groups in total. The molecule has 0 atom stereocenters. The van der Waals surface area contributed by atoms with Crippen molar-refractivity contribution in [1.29, 1.82) is 0 Å². The van der Waals surface area contributed by atoms with Gasteiger partial charge in [-0.3, -0.25) is 4.79 Å². The number of ketones is 1. The zero-order valence-electron chi connectivity index (χ0n) is 5.92. The number of Topliss-reactive ketones (excluding diaryl/α,β-unsaturated/α-hetero) is 1. The van der Waals surface area contributed by atoms with Crippen LogP contribution in [0.2, 0.25) is 0 Å². The van der Waals surface area contributed by atoms with Crippen LogP contribution in [0, 0.1) is 6.07 Å². The molecule has 0 amide bonds. The summed E-state index contributed by atoms with van der Waals surface area (Å²) in [6, 6.07) is 9.98. The normalized spacial score (nSPS) is 9.30. The number of benzene rings is 1. The summed E-state index contributed by atoms with van der Waals surface area (Å²) in [5.74, 6) is 0.178. The molecule has 1 radical (unpaired) electrons. The minimum Gasteiger partial charge on any atom is -0.294 e. The molecule has 1 rings (SSSR count). The average Bonchev–Trinajstić information content (AvgIpc) is 2.05. The van der Waals surface area contributed by atoms with Gasteiger partial charge >= 0.3 is 0 Å². The van der Waals surface area contributed by atoms with E-state index in [1.165, 1.54) is 0 Å². The number of hydrogen-bond acceptors (Lipinski definition) is 1. The van der Waals surface area contributed by atoms with Gasteiger partial charge in [0.25, 0.3) is 0 Å². The van der Waals surface area contributed by atoms with E-state index in [-0.39, 0.29) is 5.78 Å². The lowest BCUT2D eigenvalue weighted by atomic mass is 10.1. The summed E-state index contributed by atoms with van der Waals surface area (Å²) in [7, 11) is 0. The monoisotopic (exact) mass is 133 g/mol. The molecule has 0 spiro atoms. The van der Waals surface area contributed by atoms with Crippen LogP contribution in [-0.2, 0) is 0 Å². The van der Waals surface area contributed by atoms with Gasteiger partial charge in [-0.2, -0.15) is 0 Å². The second kappa shape index (κ2) is 3.16. The first-order chi connectivity index (χ1) is 4.84. The number of carbonyl (C=O) groups is 1. The van der Waals surface area contributed by atoms with Gasteiger partial charge in [0.05, 0.1) is 0 Å². The molecule has 0 aliphatic heterocycles. The van der Waals surface area contributed by atoms with E-state index in [9.17, 15) is 4.79 Å². The minimum absolute atomic E-state index is 0.178. The molecule has 0 bridgehead atoms. The van der Waals surface area contributed by atoms with Crippen LogP contribution in [0.1, 0.15) is 23.7 Å². The quantitative estimate of drug-likeness (QED) is 0.564. The molecule has 10 heavy (non-hydrogen) atoms. The molecule has 0 aliphatic rings. The molecule has 0 fully saturated rings. The Kier molecular flexibility index (Phi) is 2.21. The third-order valence-corrected chi connectivity index (χ3v) is 1.35. The maximum atomic E-state index is 11.0. The minimum atomic E-state index is 0.178. The fraction of sp³-hybridized carbons (Fsp3) is 0.222. The van der Waals surface area contributed by atoms with Crippen molar-refractivity contribution in [2.45, 2.75) is 13.3 Å². The summed E-state index contributed by atoms with van der Waals surface area (Å²) in [6.45, 7) is 1.86. The largest absolute Gasteiger partial charge is 0.294 e. The Balaban J connectivity index is 2.85. The second-order valence-electron chi connectivity index (χ2n) is 2.07. The number of rotatable bonds is 2. The van der Waals surface area contributed by atoms with E-state index in [1.54, 1.807) is 12.1 Å². The lowest BCUT2D eigenvalue weighted by Gasteiger charge is -1.93. The van der Waals surface area contributed by atoms with Crippen molar-refractivity contribution < 1.29 is 4.79 Å². The van der Waals surface area contributed by atoms with E-state index in [0.29, 0.717) is 6.42 Å². The molecule has 0 heterocycles. The van der Waals surface area contributed by atoms with Crippen molar-refractivity contribution in [2.75, 3.05) is 0 Å². The zero-order chi connectivity index (χ0) is 7.40. The molecular formula is C9H9O. The Morgan fingerprint density at radius 2 is 2.50 bits per heavy atom. The molecule has 1 aromatic carbocycles. The highest BCUT2D eigenvalue weighted by atomic mass is 16.1. The van der Waals surface area contributed by atoms with Crippen molar-refractivity contribution >= 4 is 5.78 Å². The fourth-order valence-electron chi connectivity index (χ4n) is 0.771. The molecule has 0 aromatic heterocycles. The summed E-state index contributed by atoms with van der Waals surface area (Å²) in [5, 5.41) is 0. The van der Waals surface area contributed by atoms with Crippen LogP contribution in [0.25, 0.3) is 0 Å². The standard InChI is InChI=1S/C9H9O/c1-2-9(10)8-6-4-3-5-7-8/h3-4,6-7H,2H2,1H3. The molecule has 51 valence electrons. The Morgan fingerprint density at radius 1 is 1.70 bits per heavy atom. The molecule has 0 saturated heterocycles. The zero-order valence-corrected chi connectivity index (χ0v) is 5.92. The predicted molar refractivity (Wildman–Crippen MR) is 39.9 cm³/mol. The van der Waals surface area contributed by atoms with Crippen LogP contribution in [-0.4, -0.2) is 5.78 Å². The summed E-state index contributed by atoms with van der Waals surface area (Å²) in [6.07, 6.45) is 0.567. The third-order valence-electron chi connectivity index (χ3n) is 1.35. The summed E-state index contributed by atoms with van der Waals surface area (Å²) >= 11 is 0. The maximum absolute atomic E-state index is 11.0. The molecule has 0 saturated carbocycles. The Morgan fingerprint density at radius 3 is 3.00 bits per heavy atom. The van der Waals surface area contributed by atoms with E-state index in [0.717, 1.165) is 5.56 Å². The van der Waals surface area contributed by atoms with Crippen LogP contribution in [0.3, 0.4) is 0 Å². The van der Waals surface area contributed by atoms with E-state index in [2.05, 4.69) is 6.07 Å². The van der Waals surface area contributed by atoms with Gasteiger partial charge in [0.2, 0.25) is 0 Å². The van der Waals surface area contributed by atoms with Crippen LogP contribution >= 0.6 is 0 Å². The van der Waals surface area contributed by atoms with E-state index in [4.69, 9.17) is 0 Å². The van der Waals surface area contributed by atoms with Crippen LogP contribution in [0.4, 0.5) is 0 Å². The van der Waals surface area contributed by atoms with Crippen LogP contribution in [0.5, 0.6) is 0 Å². The van der Waals surface area contributed by atoms with E-state index < -0.39 is 0 Å². The Bertz CT molecular complexity index is 213. The first-order valence-corrected chi connectivity index (χ1v) is 3.34. The van der Waals surface area contributed by atoms with Crippen molar-refractivity contribution in [3.8, 4) is 0 Å². The average molecular weight is 133 g/mol. The van der Waals surface area contributed by atoms with Gasteiger partial charge in [-0.25, -0.2) is 0 Å². The van der Waals surface area contributed by atoms with Crippen molar-refractivity contribution in [2.24, 2.45) is 0 Å². The third kappa shape index (κ3) is 1.44. The fourth-order valence-corrected chi connectivity index (χ4v) is 0.771. The lowest BCUT2D eigenvalue weighted by molar-refractivity contribution is 0.0988. The highest BCUT2D eigenvalue weighted by Crippen LogP contribution is 2.00. The number of carbonyl (C=O) groups excluding carboxylic acids is 1. The molecule has 0 aliphatic carbocycles. The van der Waals surface area contributed by atoms with Gasteiger partial charge in [-0.1, -0.05) is 25.1 Å². The van der Waals surface area contributed by atoms with Gasteiger partial charge in [0.15, 0.2) is 5.78 Å². The first kappa shape index (κ1) is 7.00. The molecule has 0 unspecified atom stereocenters. The van der Waals surface area contributed by atoms with Crippen molar-refractivity contribution in [3.05, 3.63) is 35.9 Å². The highest BCUT2D eigenvalue weighted by molar-refractivity contribution is 5.95. The number of hydrogen-bond donors (Lipinski definition) is 0.